The highest BCUT2D eigenvalue weighted by atomic mass is 28.4. The van der Waals surface area contributed by atoms with Crippen LogP contribution in [-0.2, 0) is 15.6 Å². The van der Waals surface area contributed by atoms with E-state index in [4.69, 9.17) is 9.16 Å². The number of benzene rings is 3. The second-order valence-electron chi connectivity index (χ2n) is 10.4. The van der Waals surface area contributed by atoms with Crippen molar-refractivity contribution in [3.05, 3.63) is 96.1 Å². The van der Waals surface area contributed by atoms with Crippen LogP contribution in [0.15, 0.2) is 84.9 Å². The molecule has 0 saturated carbocycles. The van der Waals surface area contributed by atoms with Gasteiger partial charge in [-0.1, -0.05) is 86.6 Å². The second kappa shape index (κ2) is 10.7. The van der Waals surface area contributed by atoms with Crippen molar-refractivity contribution in [2.45, 2.75) is 65.0 Å². The van der Waals surface area contributed by atoms with E-state index in [0.29, 0.717) is 12.2 Å². The van der Waals surface area contributed by atoms with E-state index in [2.05, 4.69) is 81.4 Å². The van der Waals surface area contributed by atoms with Gasteiger partial charge in [0.1, 0.15) is 5.60 Å². The first-order chi connectivity index (χ1) is 16.1. The highest BCUT2D eigenvalue weighted by molar-refractivity contribution is 6.99. The molecule has 3 aromatic carbocycles. The van der Waals surface area contributed by atoms with Crippen molar-refractivity contribution in [1.29, 1.82) is 0 Å². The number of hydrogen-bond donors (Lipinski definition) is 0. The Hall–Kier alpha value is -2.69. The Balaban J connectivity index is 1.89. The molecule has 0 bridgehead atoms. The van der Waals surface area contributed by atoms with Gasteiger partial charge in [-0.05, 0) is 73.6 Å². The molecule has 0 amide bonds. The fourth-order valence-corrected chi connectivity index (χ4v) is 9.50. The molecule has 3 aromatic rings. The molecule has 0 atom stereocenters. The summed E-state index contributed by atoms with van der Waals surface area (Å²) in [7, 11) is -2.56. The summed E-state index contributed by atoms with van der Waals surface area (Å²) >= 11 is 0. The predicted octanol–water partition coefficient (Wildman–Crippen LogP) is 6.15. The third-order valence-electron chi connectivity index (χ3n) is 6.30. The molecular formula is C30H38O3Si. The molecule has 0 aliphatic rings. The molecule has 180 valence electrons. The maximum Gasteiger partial charge on any atom is 0.338 e. The zero-order valence-corrected chi connectivity index (χ0v) is 22.4. The molecule has 0 unspecified atom stereocenters. The van der Waals surface area contributed by atoms with E-state index in [1.165, 1.54) is 15.9 Å². The van der Waals surface area contributed by atoms with Crippen molar-refractivity contribution < 1.29 is 14.0 Å². The van der Waals surface area contributed by atoms with Gasteiger partial charge in [-0.3, -0.25) is 0 Å². The molecule has 4 heteroatoms. The minimum atomic E-state index is -2.56. The van der Waals surface area contributed by atoms with Crippen LogP contribution in [0, 0.1) is 0 Å². The fourth-order valence-electron chi connectivity index (χ4n) is 4.65. The van der Waals surface area contributed by atoms with Crippen molar-refractivity contribution >= 4 is 24.7 Å². The summed E-state index contributed by atoms with van der Waals surface area (Å²) in [6.45, 7) is 13.1. The molecule has 0 aliphatic carbocycles. The Morgan fingerprint density at radius 1 is 0.765 bits per heavy atom. The van der Waals surface area contributed by atoms with E-state index in [1.807, 2.05) is 45.0 Å². The molecule has 0 spiro atoms. The summed E-state index contributed by atoms with van der Waals surface area (Å²) in [6, 6.07) is 29.4. The maximum absolute atomic E-state index is 12.4. The Kier molecular flexibility index (Phi) is 8.16. The van der Waals surface area contributed by atoms with Gasteiger partial charge in [0.25, 0.3) is 8.32 Å². The van der Waals surface area contributed by atoms with Gasteiger partial charge in [0.2, 0.25) is 0 Å². The first-order valence-corrected chi connectivity index (χ1v) is 14.1. The third kappa shape index (κ3) is 5.86. The van der Waals surface area contributed by atoms with Crippen LogP contribution >= 0.6 is 0 Å². The molecule has 0 saturated heterocycles. The van der Waals surface area contributed by atoms with Crippen molar-refractivity contribution in [3.8, 4) is 0 Å². The average molecular weight is 475 g/mol. The van der Waals surface area contributed by atoms with Gasteiger partial charge < -0.3 is 9.16 Å². The molecule has 0 fully saturated rings. The molecule has 3 nitrogen and oxygen atoms in total. The van der Waals surface area contributed by atoms with Crippen LogP contribution in [0.4, 0.5) is 0 Å². The van der Waals surface area contributed by atoms with Gasteiger partial charge in [-0.15, -0.1) is 0 Å². The number of aryl methyl sites for hydroxylation is 1. The lowest BCUT2D eigenvalue weighted by atomic mass is 10.0. The standard InChI is InChI=1S/C30H38O3Si/c1-7-32-34(26-14-10-8-11-15-26,27-16-12-9-13-17-27)30(5,6)23-22-24-18-20-25(21-19-24)28(31)33-29(2,3)4/h8-21H,7,22-23H2,1-6H3. The van der Waals surface area contributed by atoms with Crippen LogP contribution in [0.25, 0.3) is 0 Å². The molecule has 0 heterocycles. The van der Waals surface area contributed by atoms with E-state index in [9.17, 15) is 4.79 Å². The van der Waals surface area contributed by atoms with E-state index >= 15 is 0 Å². The van der Waals surface area contributed by atoms with Gasteiger partial charge >= 0.3 is 5.97 Å². The fraction of sp³-hybridized carbons (Fsp3) is 0.367. The Bertz CT molecular complexity index is 1010. The first-order valence-electron chi connectivity index (χ1n) is 12.2. The van der Waals surface area contributed by atoms with Crippen molar-refractivity contribution in [3.63, 3.8) is 0 Å². The van der Waals surface area contributed by atoms with Gasteiger partial charge in [-0.25, -0.2) is 4.79 Å². The van der Waals surface area contributed by atoms with Gasteiger partial charge in [0.15, 0.2) is 0 Å². The number of hydrogen-bond acceptors (Lipinski definition) is 3. The lowest BCUT2D eigenvalue weighted by Gasteiger charge is -2.45. The number of ether oxygens (including phenoxy) is 1. The van der Waals surface area contributed by atoms with Crippen LogP contribution in [0.5, 0.6) is 0 Å². The van der Waals surface area contributed by atoms with Crippen molar-refractivity contribution in [2.24, 2.45) is 0 Å². The van der Waals surface area contributed by atoms with E-state index in [1.54, 1.807) is 0 Å². The third-order valence-corrected chi connectivity index (χ3v) is 11.5. The van der Waals surface area contributed by atoms with Gasteiger partial charge in [0, 0.05) is 6.61 Å². The summed E-state index contributed by atoms with van der Waals surface area (Å²) in [6.07, 6.45) is 1.87. The molecule has 3 rings (SSSR count). The monoisotopic (exact) mass is 474 g/mol. The second-order valence-corrected chi connectivity index (χ2v) is 14.6. The van der Waals surface area contributed by atoms with Crippen molar-refractivity contribution in [1.82, 2.24) is 0 Å². The van der Waals surface area contributed by atoms with Crippen molar-refractivity contribution in [2.75, 3.05) is 6.61 Å². The zero-order chi connectivity index (χ0) is 24.8. The van der Waals surface area contributed by atoms with Gasteiger partial charge in [0.05, 0.1) is 5.56 Å². The molecule has 0 radical (unpaired) electrons. The lowest BCUT2D eigenvalue weighted by Crippen LogP contribution is -2.67. The normalized spacial score (nSPS) is 12.4. The molecule has 0 N–H and O–H groups in total. The largest absolute Gasteiger partial charge is 0.456 e. The van der Waals surface area contributed by atoms with Crippen LogP contribution < -0.4 is 10.4 Å². The minimum absolute atomic E-state index is 0.0739. The van der Waals surface area contributed by atoms with Gasteiger partial charge in [-0.2, -0.15) is 0 Å². The highest BCUT2D eigenvalue weighted by Gasteiger charge is 2.52. The SMILES string of the molecule is CCO[Si](c1ccccc1)(c1ccccc1)C(C)(C)CCc1ccc(C(=O)OC(C)(C)C)cc1. The first kappa shape index (κ1) is 25.9. The topological polar surface area (TPSA) is 35.5 Å². The number of carbonyl (C=O) groups excluding carboxylic acids is 1. The average Bonchev–Trinajstić information content (AvgIpc) is 2.81. The number of esters is 1. The molecule has 0 aromatic heterocycles. The Morgan fingerprint density at radius 3 is 1.71 bits per heavy atom. The maximum atomic E-state index is 12.4. The smallest absolute Gasteiger partial charge is 0.338 e. The van der Waals surface area contributed by atoms with Crippen LogP contribution in [0.1, 0.15) is 63.9 Å². The van der Waals surface area contributed by atoms with E-state index < -0.39 is 13.9 Å². The van der Waals surface area contributed by atoms with E-state index in [-0.39, 0.29) is 11.0 Å². The number of rotatable bonds is 9. The van der Waals surface area contributed by atoms with Crippen LogP contribution in [-0.4, -0.2) is 26.5 Å². The Morgan fingerprint density at radius 2 is 1.26 bits per heavy atom. The summed E-state index contributed by atoms with van der Waals surface area (Å²) in [4.78, 5) is 12.4. The summed E-state index contributed by atoms with van der Waals surface area (Å²) < 4.78 is 12.3. The predicted molar refractivity (Wildman–Crippen MR) is 144 cm³/mol. The number of carbonyl (C=O) groups is 1. The lowest BCUT2D eigenvalue weighted by molar-refractivity contribution is 0.00695. The summed E-state index contributed by atoms with van der Waals surface area (Å²) in [5, 5.41) is 2.52. The summed E-state index contributed by atoms with van der Waals surface area (Å²) in [5.74, 6) is -0.282. The minimum Gasteiger partial charge on any atom is -0.456 e. The molecule has 34 heavy (non-hydrogen) atoms. The summed E-state index contributed by atoms with van der Waals surface area (Å²) in [5.41, 5.74) is 1.30. The van der Waals surface area contributed by atoms with Crippen LogP contribution in [0.3, 0.4) is 0 Å². The van der Waals surface area contributed by atoms with E-state index in [0.717, 1.165) is 12.8 Å². The molecular weight excluding hydrogens is 436 g/mol. The highest BCUT2D eigenvalue weighted by Crippen LogP contribution is 2.42. The quantitative estimate of drug-likeness (QED) is 0.276. The van der Waals surface area contributed by atoms with Crippen LogP contribution in [0.2, 0.25) is 5.04 Å². The molecule has 0 aliphatic heterocycles. The Labute approximate surface area is 206 Å². The zero-order valence-electron chi connectivity index (χ0n) is 21.4.